The van der Waals surface area contributed by atoms with Crippen LogP contribution in [0.2, 0.25) is 0 Å². The van der Waals surface area contributed by atoms with Gasteiger partial charge in [0, 0.05) is 0 Å². The fraction of sp³-hybridized carbons (Fsp3) is 0.125. The van der Waals surface area contributed by atoms with Gasteiger partial charge in [-0.05, 0) is 12.1 Å². The smallest absolute Gasteiger partial charge is 0.339 e. The third kappa shape index (κ3) is 1.68. The van der Waals surface area contributed by atoms with Crippen LogP contribution in [-0.4, -0.2) is 11.1 Å². The van der Waals surface area contributed by atoms with Gasteiger partial charge in [-0.2, -0.15) is 0 Å². The fourth-order valence-corrected chi connectivity index (χ4v) is 0.998. The minimum atomic E-state index is -3.36. The summed E-state index contributed by atoms with van der Waals surface area (Å²) < 4.78 is 49.8. The molecule has 0 unspecified atom stereocenters. The molecule has 2 nitrogen and oxygen atoms in total. The van der Waals surface area contributed by atoms with Crippen molar-refractivity contribution in [1.29, 1.82) is 0 Å². The Kier molecular flexibility index (Phi) is 2.73. The lowest BCUT2D eigenvalue weighted by Crippen LogP contribution is -2.08. The number of carboxylic acid groups (broad SMARTS) is 1. The number of aromatic carboxylic acids is 1. The maximum Gasteiger partial charge on any atom is 0.339 e. The third-order valence-corrected chi connectivity index (χ3v) is 1.57. The van der Waals surface area contributed by atoms with E-state index in [1.165, 1.54) is 0 Å². The van der Waals surface area contributed by atoms with Gasteiger partial charge in [0.05, 0.1) is 5.56 Å². The SMILES string of the molecule is O=C(O)c1c(F)ccc(F)c1C(F)F. The molecule has 0 aromatic heterocycles. The third-order valence-electron chi connectivity index (χ3n) is 1.57. The summed E-state index contributed by atoms with van der Waals surface area (Å²) in [4.78, 5) is 10.4. The Morgan fingerprint density at radius 1 is 1.21 bits per heavy atom. The zero-order valence-corrected chi connectivity index (χ0v) is 6.60. The zero-order valence-electron chi connectivity index (χ0n) is 6.60. The van der Waals surface area contributed by atoms with Crippen LogP contribution < -0.4 is 0 Å². The summed E-state index contributed by atoms with van der Waals surface area (Å²) in [6.07, 6.45) is -3.36. The number of carboxylic acids is 1. The van der Waals surface area contributed by atoms with Gasteiger partial charge >= 0.3 is 5.97 Å². The van der Waals surface area contributed by atoms with Gasteiger partial charge in [-0.25, -0.2) is 22.4 Å². The Hall–Kier alpha value is -1.59. The van der Waals surface area contributed by atoms with E-state index >= 15 is 0 Å². The lowest BCUT2D eigenvalue weighted by Gasteiger charge is -2.06. The first kappa shape index (κ1) is 10.5. The molecule has 0 heterocycles. The average Bonchev–Trinajstić information content (AvgIpc) is 2.07. The normalized spacial score (nSPS) is 10.6. The van der Waals surface area contributed by atoms with Crippen LogP contribution in [0, 0.1) is 11.6 Å². The predicted octanol–water partition coefficient (Wildman–Crippen LogP) is 2.60. The van der Waals surface area contributed by atoms with Gasteiger partial charge in [0.1, 0.15) is 17.2 Å². The molecule has 0 saturated heterocycles. The summed E-state index contributed by atoms with van der Waals surface area (Å²) in [7, 11) is 0. The number of hydrogen-bond acceptors (Lipinski definition) is 1. The van der Waals surface area contributed by atoms with Crippen molar-refractivity contribution in [1.82, 2.24) is 0 Å². The number of hydrogen-bond donors (Lipinski definition) is 1. The second-order valence-corrected chi connectivity index (χ2v) is 2.42. The number of halogens is 4. The van der Waals surface area contributed by atoms with Gasteiger partial charge in [0.15, 0.2) is 0 Å². The van der Waals surface area contributed by atoms with E-state index in [0.29, 0.717) is 12.1 Å². The highest BCUT2D eigenvalue weighted by Crippen LogP contribution is 2.27. The van der Waals surface area contributed by atoms with E-state index in [4.69, 9.17) is 5.11 Å². The van der Waals surface area contributed by atoms with E-state index in [1.54, 1.807) is 0 Å². The highest BCUT2D eigenvalue weighted by atomic mass is 19.3. The molecule has 0 radical (unpaired) electrons. The second-order valence-electron chi connectivity index (χ2n) is 2.42. The van der Waals surface area contributed by atoms with Gasteiger partial charge in [-0.15, -0.1) is 0 Å². The Balaban J connectivity index is 3.50. The Morgan fingerprint density at radius 2 is 1.71 bits per heavy atom. The molecule has 0 aliphatic carbocycles. The first-order chi connectivity index (χ1) is 6.45. The minimum Gasteiger partial charge on any atom is -0.478 e. The molecule has 1 aromatic rings. The van der Waals surface area contributed by atoms with E-state index in [-0.39, 0.29) is 0 Å². The van der Waals surface area contributed by atoms with Crippen LogP contribution in [0.4, 0.5) is 17.6 Å². The molecule has 76 valence electrons. The monoisotopic (exact) mass is 208 g/mol. The van der Waals surface area contributed by atoms with Crippen molar-refractivity contribution >= 4 is 5.97 Å². The summed E-state index contributed by atoms with van der Waals surface area (Å²) in [6, 6.07) is 0.952. The van der Waals surface area contributed by atoms with Crippen LogP contribution in [0.1, 0.15) is 22.3 Å². The Labute approximate surface area is 75.8 Å². The number of benzene rings is 1. The summed E-state index contributed by atoms with van der Waals surface area (Å²) in [5, 5.41) is 8.38. The van der Waals surface area contributed by atoms with Crippen LogP contribution in [0.15, 0.2) is 12.1 Å². The zero-order chi connectivity index (χ0) is 10.9. The largest absolute Gasteiger partial charge is 0.478 e. The van der Waals surface area contributed by atoms with Crippen molar-refractivity contribution < 1.29 is 27.5 Å². The van der Waals surface area contributed by atoms with Crippen molar-refractivity contribution in [3.8, 4) is 0 Å². The van der Waals surface area contributed by atoms with Crippen LogP contribution in [-0.2, 0) is 0 Å². The number of rotatable bonds is 2. The Bertz CT molecular complexity index is 376. The average molecular weight is 208 g/mol. The second kappa shape index (κ2) is 3.65. The lowest BCUT2D eigenvalue weighted by molar-refractivity contribution is 0.0676. The molecule has 0 amide bonds. The van der Waals surface area contributed by atoms with Crippen LogP contribution in [0.5, 0.6) is 0 Å². The van der Waals surface area contributed by atoms with Gasteiger partial charge in [0.2, 0.25) is 0 Å². The highest BCUT2D eigenvalue weighted by molar-refractivity contribution is 5.89. The van der Waals surface area contributed by atoms with Gasteiger partial charge in [0.25, 0.3) is 6.43 Å². The molecule has 0 spiro atoms. The molecule has 0 bridgehead atoms. The van der Waals surface area contributed by atoms with Crippen molar-refractivity contribution in [2.24, 2.45) is 0 Å². The number of alkyl halides is 2. The standard InChI is InChI=1S/C8H4F4O2/c9-3-1-2-4(10)6(8(13)14)5(3)7(11)12/h1-2,7H,(H,13,14). The van der Waals surface area contributed by atoms with Crippen LogP contribution >= 0.6 is 0 Å². The molecule has 0 saturated carbocycles. The molecule has 0 atom stereocenters. The highest BCUT2D eigenvalue weighted by Gasteiger charge is 2.25. The van der Waals surface area contributed by atoms with Gasteiger partial charge < -0.3 is 5.11 Å². The van der Waals surface area contributed by atoms with Crippen LogP contribution in [0.25, 0.3) is 0 Å². The molecule has 1 N–H and O–H groups in total. The summed E-state index contributed by atoms with van der Waals surface area (Å²) in [5.41, 5.74) is -2.74. The van der Waals surface area contributed by atoms with Crippen molar-refractivity contribution in [2.75, 3.05) is 0 Å². The maximum atomic E-state index is 12.8. The minimum absolute atomic E-state index is 0.462. The molecule has 1 aromatic carbocycles. The van der Waals surface area contributed by atoms with Crippen molar-refractivity contribution in [3.05, 3.63) is 34.9 Å². The molecule has 1 rings (SSSR count). The van der Waals surface area contributed by atoms with Gasteiger partial charge in [-0.3, -0.25) is 0 Å². The lowest BCUT2D eigenvalue weighted by atomic mass is 10.1. The molecule has 6 heteroatoms. The Morgan fingerprint density at radius 3 is 2.07 bits per heavy atom. The van der Waals surface area contributed by atoms with Gasteiger partial charge in [-0.1, -0.05) is 0 Å². The molecule has 0 aliphatic rings. The predicted molar refractivity (Wildman–Crippen MR) is 38.3 cm³/mol. The molecule has 14 heavy (non-hydrogen) atoms. The van der Waals surface area contributed by atoms with Crippen LogP contribution in [0.3, 0.4) is 0 Å². The number of carbonyl (C=O) groups is 1. The fourth-order valence-electron chi connectivity index (χ4n) is 0.998. The van der Waals surface area contributed by atoms with E-state index in [0.717, 1.165) is 0 Å². The topological polar surface area (TPSA) is 37.3 Å². The first-order valence-electron chi connectivity index (χ1n) is 3.44. The summed E-state index contributed by atoms with van der Waals surface area (Å²) in [6.45, 7) is 0. The first-order valence-corrected chi connectivity index (χ1v) is 3.44. The molecular formula is C8H4F4O2. The van der Waals surface area contributed by atoms with Crippen molar-refractivity contribution in [2.45, 2.75) is 6.43 Å². The van der Waals surface area contributed by atoms with E-state index in [2.05, 4.69) is 0 Å². The quantitative estimate of drug-likeness (QED) is 0.758. The molecule has 0 aliphatic heterocycles. The maximum absolute atomic E-state index is 12.8. The van der Waals surface area contributed by atoms with E-state index < -0.39 is 35.2 Å². The van der Waals surface area contributed by atoms with E-state index in [9.17, 15) is 22.4 Å². The summed E-state index contributed by atoms with van der Waals surface area (Å²) >= 11 is 0. The van der Waals surface area contributed by atoms with Crippen molar-refractivity contribution in [3.63, 3.8) is 0 Å². The summed E-state index contributed by atoms with van der Waals surface area (Å²) in [5.74, 6) is -4.73. The van der Waals surface area contributed by atoms with E-state index in [1.807, 2.05) is 0 Å². The molecular weight excluding hydrogens is 204 g/mol. The molecule has 0 fully saturated rings.